The number of guanidine groups is 1. The zero-order valence-corrected chi connectivity index (χ0v) is 20.2. The van der Waals surface area contributed by atoms with E-state index in [0.717, 1.165) is 43.7 Å². The summed E-state index contributed by atoms with van der Waals surface area (Å²) in [7, 11) is 1.83. The van der Waals surface area contributed by atoms with Crippen LogP contribution in [0.5, 0.6) is 0 Å². The number of hydrogen-bond donors (Lipinski definition) is 2. The molecule has 0 radical (unpaired) electrons. The number of hydrogen-bond acceptors (Lipinski definition) is 4. The van der Waals surface area contributed by atoms with Gasteiger partial charge in [-0.2, -0.15) is 0 Å². The van der Waals surface area contributed by atoms with Gasteiger partial charge in [-0.3, -0.25) is 9.89 Å². The lowest BCUT2D eigenvalue weighted by molar-refractivity contribution is 0.245. The normalized spacial score (nSPS) is 19.6. The number of rotatable bonds is 6. The first-order valence-electron chi connectivity index (χ1n) is 11.0. The molecule has 1 unspecified atom stereocenters. The highest BCUT2D eigenvalue weighted by Crippen LogP contribution is 2.19. The van der Waals surface area contributed by atoms with Crippen LogP contribution in [0.3, 0.4) is 0 Å². The Hall–Kier alpha value is -1.68. The van der Waals surface area contributed by atoms with Gasteiger partial charge in [-0.05, 0) is 37.8 Å². The fourth-order valence-electron chi connectivity index (χ4n) is 4.43. The maximum absolute atomic E-state index is 4.41. The van der Waals surface area contributed by atoms with Gasteiger partial charge in [0.1, 0.15) is 5.82 Å². The Morgan fingerprint density at radius 1 is 1.07 bits per heavy atom. The van der Waals surface area contributed by atoms with E-state index < -0.39 is 0 Å². The fourth-order valence-corrected chi connectivity index (χ4v) is 4.43. The molecule has 0 saturated carbocycles. The Morgan fingerprint density at radius 3 is 2.77 bits per heavy atom. The third-order valence-electron chi connectivity index (χ3n) is 6.06. The average molecular weight is 523 g/mol. The zero-order chi connectivity index (χ0) is 19.9. The van der Waals surface area contributed by atoms with Crippen LogP contribution in [0.15, 0.2) is 35.3 Å². The van der Waals surface area contributed by atoms with Gasteiger partial charge in [-0.1, -0.05) is 36.8 Å². The Morgan fingerprint density at radius 2 is 1.93 bits per heavy atom. The lowest BCUT2D eigenvalue weighted by atomic mass is 10.2. The highest BCUT2D eigenvalue weighted by atomic mass is 127. The maximum atomic E-state index is 4.41. The van der Waals surface area contributed by atoms with Crippen LogP contribution in [0, 0.1) is 0 Å². The van der Waals surface area contributed by atoms with E-state index in [9.17, 15) is 0 Å². The number of nitrogens with zero attached hydrogens (tertiary/aromatic N) is 5. The Balaban J connectivity index is 0.00000256. The second-order valence-electron chi connectivity index (χ2n) is 8.05. The van der Waals surface area contributed by atoms with Crippen LogP contribution in [0.2, 0.25) is 0 Å². The van der Waals surface area contributed by atoms with Crippen LogP contribution < -0.4 is 10.6 Å². The topological polar surface area (TPSA) is 70.4 Å². The van der Waals surface area contributed by atoms with Crippen molar-refractivity contribution in [3.8, 4) is 0 Å². The van der Waals surface area contributed by atoms with Crippen LogP contribution >= 0.6 is 24.0 Å². The average Bonchev–Trinajstić information content (AvgIpc) is 3.28. The lowest BCUT2D eigenvalue weighted by Gasteiger charge is -2.25. The maximum Gasteiger partial charge on any atom is 0.191 e. The molecule has 1 saturated heterocycles. The van der Waals surface area contributed by atoms with Gasteiger partial charge in [-0.15, -0.1) is 34.2 Å². The molecule has 3 heterocycles. The van der Waals surface area contributed by atoms with Crippen molar-refractivity contribution >= 4 is 29.9 Å². The van der Waals surface area contributed by atoms with Crippen molar-refractivity contribution in [2.45, 2.75) is 64.2 Å². The van der Waals surface area contributed by atoms with E-state index in [0.29, 0.717) is 12.6 Å². The lowest BCUT2D eigenvalue weighted by Crippen LogP contribution is -2.44. The minimum atomic E-state index is 0. The molecule has 8 heteroatoms. The molecule has 2 aliphatic heterocycles. The molecule has 4 rings (SSSR count). The van der Waals surface area contributed by atoms with Gasteiger partial charge < -0.3 is 15.2 Å². The van der Waals surface area contributed by atoms with Gasteiger partial charge in [0, 0.05) is 39.1 Å². The molecule has 164 valence electrons. The minimum absolute atomic E-state index is 0. The molecule has 0 amide bonds. The number of aromatic nitrogens is 3. The summed E-state index contributed by atoms with van der Waals surface area (Å²) in [4.78, 5) is 6.98. The molecule has 30 heavy (non-hydrogen) atoms. The standard InChI is InChI=1S/C22H33N7.HI/c1-23-22(25-16-21-27-26-20-12-6-3-7-14-29(20)21)24-15-19-11-8-13-28(19)17-18-9-4-2-5-10-18;/h2,4-5,9-10,19H,3,6-8,11-17H2,1H3,(H2,23,24,25);1H. The summed E-state index contributed by atoms with van der Waals surface area (Å²) in [6.45, 7) is 4.78. The van der Waals surface area contributed by atoms with Crippen LogP contribution in [0.4, 0.5) is 0 Å². The third kappa shape index (κ3) is 5.94. The molecule has 1 aromatic heterocycles. The van der Waals surface area contributed by atoms with E-state index >= 15 is 0 Å². The molecule has 1 aromatic carbocycles. The number of nitrogens with one attached hydrogen (secondary N) is 2. The van der Waals surface area contributed by atoms with Crippen LogP contribution in [0.1, 0.15) is 49.3 Å². The van der Waals surface area contributed by atoms with E-state index in [2.05, 4.69) is 65.6 Å². The van der Waals surface area contributed by atoms with Crippen molar-refractivity contribution in [2.75, 3.05) is 20.1 Å². The smallest absolute Gasteiger partial charge is 0.191 e. The number of halogens is 1. The molecule has 0 bridgehead atoms. The SMILES string of the molecule is CN=C(NCc1nnc2n1CCCCC2)NCC1CCCN1Cc1ccccc1.I. The van der Waals surface area contributed by atoms with Crippen LogP contribution in [-0.4, -0.2) is 51.8 Å². The second kappa shape index (κ2) is 11.6. The monoisotopic (exact) mass is 523 g/mol. The largest absolute Gasteiger partial charge is 0.355 e. The van der Waals surface area contributed by atoms with Crippen molar-refractivity contribution in [3.05, 3.63) is 47.5 Å². The fraction of sp³-hybridized carbons (Fsp3) is 0.591. The number of aryl methyl sites for hydroxylation is 1. The zero-order valence-electron chi connectivity index (χ0n) is 17.9. The molecule has 7 nitrogen and oxygen atoms in total. The highest BCUT2D eigenvalue weighted by molar-refractivity contribution is 14.0. The number of benzene rings is 1. The molecular formula is C22H34IN7. The first-order chi connectivity index (χ1) is 14.3. The van der Waals surface area contributed by atoms with Gasteiger partial charge in [0.05, 0.1) is 6.54 Å². The summed E-state index contributed by atoms with van der Waals surface area (Å²) in [5.41, 5.74) is 1.38. The molecule has 0 aliphatic carbocycles. The minimum Gasteiger partial charge on any atom is -0.355 e. The van der Waals surface area contributed by atoms with E-state index in [4.69, 9.17) is 0 Å². The summed E-state index contributed by atoms with van der Waals surface area (Å²) in [5, 5.41) is 15.7. The van der Waals surface area contributed by atoms with Crippen molar-refractivity contribution in [1.82, 2.24) is 30.3 Å². The summed E-state index contributed by atoms with van der Waals surface area (Å²) >= 11 is 0. The number of likely N-dealkylation sites (tertiary alicyclic amines) is 1. The van der Waals surface area contributed by atoms with Gasteiger partial charge in [0.15, 0.2) is 11.8 Å². The van der Waals surface area contributed by atoms with E-state index in [1.165, 1.54) is 44.2 Å². The Labute approximate surface area is 196 Å². The summed E-state index contributed by atoms with van der Waals surface area (Å²) in [5.74, 6) is 2.98. The summed E-state index contributed by atoms with van der Waals surface area (Å²) in [6.07, 6.45) is 7.24. The van der Waals surface area contributed by atoms with E-state index in [1.807, 2.05) is 7.05 Å². The van der Waals surface area contributed by atoms with E-state index in [-0.39, 0.29) is 24.0 Å². The summed E-state index contributed by atoms with van der Waals surface area (Å²) < 4.78 is 2.28. The first-order valence-corrected chi connectivity index (χ1v) is 11.0. The Kier molecular flexibility index (Phi) is 8.92. The molecule has 2 N–H and O–H groups in total. The third-order valence-corrected chi connectivity index (χ3v) is 6.06. The molecule has 2 aliphatic rings. The molecule has 2 aromatic rings. The Bertz CT molecular complexity index is 805. The highest BCUT2D eigenvalue weighted by Gasteiger charge is 2.24. The van der Waals surface area contributed by atoms with Crippen molar-refractivity contribution in [3.63, 3.8) is 0 Å². The van der Waals surface area contributed by atoms with Gasteiger partial charge in [-0.25, -0.2) is 0 Å². The predicted octanol–water partition coefficient (Wildman–Crippen LogP) is 2.95. The predicted molar refractivity (Wildman–Crippen MR) is 131 cm³/mol. The molecule has 1 atom stereocenters. The molecule has 0 spiro atoms. The number of fused-ring (bicyclic) bond motifs is 1. The summed E-state index contributed by atoms with van der Waals surface area (Å²) in [6, 6.07) is 11.3. The van der Waals surface area contributed by atoms with Crippen molar-refractivity contribution in [2.24, 2.45) is 4.99 Å². The van der Waals surface area contributed by atoms with Crippen LogP contribution in [0.25, 0.3) is 0 Å². The van der Waals surface area contributed by atoms with Crippen molar-refractivity contribution in [1.29, 1.82) is 0 Å². The van der Waals surface area contributed by atoms with Crippen LogP contribution in [-0.2, 0) is 26.1 Å². The van der Waals surface area contributed by atoms with Gasteiger partial charge in [0.2, 0.25) is 0 Å². The molecular weight excluding hydrogens is 489 g/mol. The van der Waals surface area contributed by atoms with Gasteiger partial charge >= 0.3 is 0 Å². The second-order valence-corrected chi connectivity index (χ2v) is 8.05. The quantitative estimate of drug-likeness (QED) is 0.346. The number of aliphatic imine (C=N–C) groups is 1. The first kappa shape index (κ1) is 23.0. The van der Waals surface area contributed by atoms with E-state index in [1.54, 1.807) is 0 Å². The van der Waals surface area contributed by atoms with Gasteiger partial charge in [0.25, 0.3) is 0 Å². The molecule has 1 fully saturated rings. The van der Waals surface area contributed by atoms with Crippen molar-refractivity contribution < 1.29 is 0 Å².